The van der Waals surface area contributed by atoms with E-state index in [9.17, 15) is 18.3 Å². The number of aromatic hydroxyl groups is 1. The van der Waals surface area contributed by atoms with Gasteiger partial charge in [0.05, 0.1) is 16.6 Å². The molecule has 86 valence electrons. The predicted octanol–water partition coefficient (Wildman–Crippen LogP) is 2.87. The smallest absolute Gasteiger partial charge is 0.257 e. The highest BCUT2D eigenvalue weighted by Crippen LogP contribution is 2.34. The predicted molar refractivity (Wildman–Crippen MR) is 53.3 cm³/mol. The fourth-order valence-corrected chi connectivity index (χ4v) is 1.16. The molecule has 0 aromatic heterocycles. The number of phenolic OH excluding ortho intramolecular Hbond substituents is 1. The topological polar surface area (TPSA) is 46.2 Å². The van der Waals surface area contributed by atoms with Crippen molar-refractivity contribution < 1.29 is 18.3 Å². The Morgan fingerprint density at radius 3 is 2.33 bits per heavy atom. The van der Waals surface area contributed by atoms with Gasteiger partial charge in [-0.05, 0) is 12.1 Å². The van der Waals surface area contributed by atoms with Gasteiger partial charge in [-0.3, -0.25) is 0 Å². The summed E-state index contributed by atoms with van der Waals surface area (Å²) in [5.41, 5.74) is 4.34. The van der Waals surface area contributed by atoms with Crippen LogP contribution >= 0.6 is 24.0 Å². The van der Waals surface area contributed by atoms with Crippen molar-refractivity contribution in [3.63, 3.8) is 0 Å². The van der Waals surface area contributed by atoms with Gasteiger partial charge >= 0.3 is 0 Å². The van der Waals surface area contributed by atoms with Gasteiger partial charge in [-0.15, -0.1) is 12.4 Å². The lowest BCUT2D eigenvalue weighted by molar-refractivity contribution is 0.113. The molecule has 0 spiro atoms. The first-order valence-corrected chi connectivity index (χ1v) is 4.03. The van der Waals surface area contributed by atoms with Crippen LogP contribution in [0.4, 0.5) is 13.2 Å². The van der Waals surface area contributed by atoms with Crippen molar-refractivity contribution >= 4 is 24.0 Å². The van der Waals surface area contributed by atoms with Crippen LogP contribution in [0, 0.1) is 5.82 Å². The fourth-order valence-electron chi connectivity index (χ4n) is 1.000. The van der Waals surface area contributed by atoms with Crippen LogP contribution in [0.3, 0.4) is 0 Å². The van der Waals surface area contributed by atoms with Gasteiger partial charge in [0, 0.05) is 0 Å². The second-order valence-corrected chi connectivity index (χ2v) is 3.06. The van der Waals surface area contributed by atoms with Gasteiger partial charge in [0.15, 0.2) is 0 Å². The van der Waals surface area contributed by atoms with Crippen LogP contribution in [0.5, 0.6) is 5.75 Å². The average Bonchev–Trinajstić information content (AvgIpc) is 2.12. The van der Waals surface area contributed by atoms with E-state index in [1.807, 2.05) is 0 Å². The zero-order chi connectivity index (χ0) is 10.9. The molecule has 3 N–H and O–H groups in total. The Labute approximate surface area is 95.2 Å². The molecule has 0 saturated carbocycles. The molecule has 1 rings (SSSR count). The van der Waals surface area contributed by atoms with Crippen LogP contribution in [0.15, 0.2) is 12.1 Å². The summed E-state index contributed by atoms with van der Waals surface area (Å²) in [5.74, 6) is -1.74. The van der Waals surface area contributed by atoms with Gasteiger partial charge in [0.1, 0.15) is 11.6 Å². The Balaban J connectivity index is 0.00000196. The van der Waals surface area contributed by atoms with Crippen LogP contribution in [0.1, 0.15) is 11.6 Å². The third-order valence-corrected chi connectivity index (χ3v) is 2.02. The standard InChI is InChI=1S/C8H7ClF3NO.ClH/c9-3-1-2-4(10)5(7(3)14)6(13)8(11)12;/h1-2,6,8,14H,13H2;1H/t6-;/m1./s1. The molecule has 0 aliphatic carbocycles. The van der Waals surface area contributed by atoms with E-state index in [2.05, 4.69) is 0 Å². The zero-order valence-corrected chi connectivity index (χ0v) is 8.83. The maximum Gasteiger partial charge on any atom is 0.257 e. The minimum atomic E-state index is -2.96. The summed E-state index contributed by atoms with van der Waals surface area (Å²) in [6.07, 6.45) is -2.96. The van der Waals surface area contributed by atoms with E-state index >= 15 is 0 Å². The van der Waals surface area contributed by atoms with Crippen molar-refractivity contribution in [2.75, 3.05) is 0 Å². The Bertz CT molecular complexity index is 349. The van der Waals surface area contributed by atoms with Crippen molar-refractivity contribution in [3.05, 3.63) is 28.5 Å². The van der Waals surface area contributed by atoms with E-state index in [0.29, 0.717) is 0 Å². The van der Waals surface area contributed by atoms with Crippen LogP contribution in [-0.4, -0.2) is 11.5 Å². The van der Waals surface area contributed by atoms with E-state index in [1.54, 1.807) is 0 Å². The molecule has 0 heterocycles. The lowest BCUT2D eigenvalue weighted by Gasteiger charge is -2.14. The van der Waals surface area contributed by atoms with E-state index in [0.717, 1.165) is 12.1 Å². The molecule has 0 bridgehead atoms. The normalized spacial score (nSPS) is 12.4. The highest BCUT2D eigenvalue weighted by Gasteiger charge is 2.25. The first kappa shape index (κ1) is 14.3. The molecular weight excluding hydrogens is 254 g/mol. The van der Waals surface area contributed by atoms with Gasteiger partial charge in [0.2, 0.25) is 0 Å². The van der Waals surface area contributed by atoms with Crippen LogP contribution in [0.25, 0.3) is 0 Å². The summed E-state index contributed by atoms with van der Waals surface area (Å²) in [7, 11) is 0. The minimum absolute atomic E-state index is 0. The summed E-state index contributed by atoms with van der Waals surface area (Å²) < 4.78 is 37.3. The maximum atomic E-state index is 13.0. The Morgan fingerprint density at radius 1 is 1.33 bits per heavy atom. The van der Waals surface area contributed by atoms with E-state index in [-0.39, 0.29) is 17.4 Å². The van der Waals surface area contributed by atoms with Crippen molar-refractivity contribution in [1.29, 1.82) is 0 Å². The molecule has 7 heteroatoms. The van der Waals surface area contributed by atoms with E-state index in [4.69, 9.17) is 17.3 Å². The number of benzene rings is 1. The maximum absolute atomic E-state index is 13.0. The molecule has 0 radical (unpaired) electrons. The lowest BCUT2D eigenvalue weighted by atomic mass is 10.1. The molecule has 0 saturated heterocycles. The second kappa shape index (κ2) is 5.44. The highest BCUT2D eigenvalue weighted by atomic mass is 35.5. The lowest BCUT2D eigenvalue weighted by Crippen LogP contribution is -2.20. The summed E-state index contributed by atoms with van der Waals surface area (Å²) >= 11 is 5.42. The SMILES string of the molecule is Cl.N[C@H](c1c(F)ccc(Cl)c1O)C(F)F. The second-order valence-electron chi connectivity index (χ2n) is 2.65. The molecule has 2 nitrogen and oxygen atoms in total. The van der Waals surface area contributed by atoms with Gasteiger partial charge in [-0.2, -0.15) is 0 Å². The number of hydrogen-bond acceptors (Lipinski definition) is 2. The van der Waals surface area contributed by atoms with Gasteiger partial charge in [0.25, 0.3) is 6.43 Å². The van der Waals surface area contributed by atoms with Gasteiger partial charge in [-0.25, -0.2) is 13.2 Å². The Hall–Kier alpha value is -0.650. The summed E-state index contributed by atoms with van der Waals surface area (Å²) in [6.45, 7) is 0. The monoisotopic (exact) mass is 261 g/mol. The fraction of sp³-hybridized carbons (Fsp3) is 0.250. The molecule has 0 amide bonds. The highest BCUT2D eigenvalue weighted by molar-refractivity contribution is 6.32. The molecule has 15 heavy (non-hydrogen) atoms. The number of alkyl halides is 2. The molecule has 1 atom stereocenters. The molecule has 0 aliphatic heterocycles. The largest absolute Gasteiger partial charge is 0.506 e. The van der Waals surface area contributed by atoms with Crippen LogP contribution < -0.4 is 5.73 Å². The van der Waals surface area contributed by atoms with Crippen molar-refractivity contribution in [2.24, 2.45) is 5.73 Å². The Morgan fingerprint density at radius 2 is 1.87 bits per heavy atom. The van der Waals surface area contributed by atoms with Crippen molar-refractivity contribution in [1.82, 2.24) is 0 Å². The zero-order valence-electron chi connectivity index (χ0n) is 7.25. The Kier molecular flexibility index (Phi) is 5.20. The number of hydrogen-bond donors (Lipinski definition) is 2. The number of halogens is 5. The molecule has 0 unspecified atom stereocenters. The summed E-state index contributed by atoms with van der Waals surface area (Å²) in [6, 6.07) is 0.0572. The van der Waals surface area contributed by atoms with Gasteiger partial charge < -0.3 is 10.8 Å². The molecule has 1 aromatic carbocycles. The van der Waals surface area contributed by atoms with Crippen molar-refractivity contribution in [3.8, 4) is 5.75 Å². The quantitative estimate of drug-likeness (QED) is 0.860. The number of phenols is 1. The molecule has 1 aromatic rings. The van der Waals surface area contributed by atoms with Crippen molar-refractivity contribution in [2.45, 2.75) is 12.5 Å². The molecule has 0 fully saturated rings. The summed E-state index contributed by atoms with van der Waals surface area (Å²) in [5, 5.41) is 9.00. The van der Waals surface area contributed by atoms with E-state index in [1.165, 1.54) is 0 Å². The number of rotatable bonds is 2. The van der Waals surface area contributed by atoms with Crippen LogP contribution in [0.2, 0.25) is 5.02 Å². The number of nitrogens with two attached hydrogens (primary N) is 1. The van der Waals surface area contributed by atoms with Crippen LogP contribution in [-0.2, 0) is 0 Å². The first-order valence-electron chi connectivity index (χ1n) is 3.65. The molecular formula is C8H8Cl2F3NO. The van der Waals surface area contributed by atoms with Gasteiger partial charge in [-0.1, -0.05) is 11.6 Å². The van der Waals surface area contributed by atoms with E-state index < -0.39 is 29.6 Å². The molecule has 0 aliphatic rings. The average molecular weight is 262 g/mol. The third-order valence-electron chi connectivity index (χ3n) is 1.72. The third kappa shape index (κ3) is 2.90. The first-order chi connectivity index (χ1) is 6.45. The minimum Gasteiger partial charge on any atom is -0.506 e. The summed E-state index contributed by atoms with van der Waals surface area (Å²) in [4.78, 5) is 0.